The van der Waals surface area contributed by atoms with Crippen LogP contribution in [0.25, 0.3) is 5.78 Å². The van der Waals surface area contributed by atoms with Gasteiger partial charge in [-0.1, -0.05) is 12.1 Å². The second-order valence-corrected chi connectivity index (χ2v) is 8.63. The summed E-state index contributed by atoms with van der Waals surface area (Å²) in [6.45, 7) is 1.80. The molecule has 0 radical (unpaired) electrons. The third kappa shape index (κ3) is 3.56. The third-order valence-electron chi connectivity index (χ3n) is 4.86. The Bertz CT molecular complexity index is 1300. The van der Waals surface area contributed by atoms with E-state index in [9.17, 15) is 13.2 Å². The Kier molecular flexibility index (Phi) is 4.75. The van der Waals surface area contributed by atoms with Gasteiger partial charge in [-0.2, -0.15) is 0 Å². The van der Waals surface area contributed by atoms with Crippen molar-refractivity contribution < 1.29 is 13.2 Å². The second kappa shape index (κ2) is 7.25. The molecule has 0 aliphatic heterocycles. The molecule has 9 heteroatoms. The van der Waals surface area contributed by atoms with E-state index < -0.39 is 9.84 Å². The Morgan fingerprint density at radius 2 is 1.83 bits per heavy atom. The van der Waals surface area contributed by atoms with Crippen LogP contribution in [0.3, 0.4) is 0 Å². The fraction of sp³-hybridized carbons (Fsp3) is 0.200. The highest BCUT2D eigenvalue weighted by Gasteiger charge is 2.23. The first-order chi connectivity index (χ1) is 13.9. The van der Waals surface area contributed by atoms with Crippen molar-refractivity contribution in [1.82, 2.24) is 23.9 Å². The smallest absolute Gasteiger partial charge is 0.240 e. The lowest BCUT2D eigenvalue weighted by Gasteiger charge is -2.07. The van der Waals surface area contributed by atoms with Gasteiger partial charge in [-0.25, -0.2) is 23.4 Å². The lowest BCUT2D eigenvalue weighted by molar-refractivity contribution is 0.0982. The number of carbonyl (C=O) groups excluding carboxylic acids is 1. The number of Topliss-reactive ketones (excluding diaryl/α,β-unsaturated/α-hetero) is 1. The Hall–Kier alpha value is -3.33. The number of hydrogen-bond acceptors (Lipinski definition) is 6. The molecule has 8 nitrogen and oxygen atoms in total. The number of sulfone groups is 1. The highest BCUT2D eigenvalue weighted by atomic mass is 32.2. The average Bonchev–Trinajstić information content (AvgIpc) is 3.32. The first-order valence-electron chi connectivity index (χ1n) is 9.00. The minimum atomic E-state index is -3.69. The van der Waals surface area contributed by atoms with Crippen molar-refractivity contribution in [2.75, 3.05) is 0 Å². The van der Waals surface area contributed by atoms with Gasteiger partial charge < -0.3 is 4.57 Å². The van der Waals surface area contributed by atoms with Crippen LogP contribution in [-0.2, 0) is 23.3 Å². The number of ketones is 1. The summed E-state index contributed by atoms with van der Waals surface area (Å²) in [6, 6.07) is 6.57. The normalized spacial score (nSPS) is 11.8. The van der Waals surface area contributed by atoms with Gasteiger partial charge in [0.15, 0.2) is 5.78 Å². The van der Waals surface area contributed by atoms with E-state index in [1.807, 2.05) is 0 Å². The Morgan fingerprint density at radius 1 is 1.07 bits per heavy atom. The number of benzene rings is 1. The zero-order valence-corrected chi connectivity index (χ0v) is 16.8. The van der Waals surface area contributed by atoms with Gasteiger partial charge in [-0.05, 0) is 31.0 Å². The van der Waals surface area contributed by atoms with Gasteiger partial charge >= 0.3 is 0 Å². The van der Waals surface area contributed by atoms with Crippen LogP contribution < -0.4 is 0 Å². The molecule has 0 fully saturated rings. The monoisotopic (exact) mass is 409 g/mol. The molecule has 0 unspecified atom stereocenters. The number of aryl methyl sites for hydroxylation is 2. The molecule has 4 aromatic rings. The minimum Gasteiger partial charge on any atom is -0.322 e. The molecule has 148 valence electrons. The molecule has 0 aliphatic rings. The van der Waals surface area contributed by atoms with Crippen molar-refractivity contribution in [1.29, 1.82) is 0 Å². The van der Waals surface area contributed by atoms with Crippen LogP contribution in [-0.4, -0.2) is 38.1 Å². The molecule has 0 spiro atoms. The molecule has 29 heavy (non-hydrogen) atoms. The standard InChI is InChI=1S/C20H19N5O3S/c1-14-11-23-20(24(14)2)29(27,28)17-6-3-15(4-7-17)5-8-18(26)16-12-22-19-21-9-10-25(19)13-16/h3-4,6-7,9-13H,5,8H2,1-2H3. The summed E-state index contributed by atoms with van der Waals surface area (Å²) in [5.41, 5.74) is 2.16. The first kappa shape index (κ1) is 19.0. The van der Waals surface area contributed by atoms with Crippen molar-refractivity contribution in [3.63, 3.8) is 0 Å². The van der Waals surface area contributed by atoms with Crippen LogP contribution in [0.1, 0.15) is 28.0 Å². The van der Waals surface area contributed by atoms with Gasteiger partial charge in [0.25, 0.3) is 0 Å². The molecular weight excluding hydrogens is 390 g/mol. The van der Waals surface area contributed by atoms with Gasteiger partial charge in [0.1, 0.15) is 0 Å². The van der Waals surface area contributed by atoms with Gasteiger partial charge in [0, 0.05) is 50.1 Å². The first-order valence-corrected chi connectivity index (χ1v) is 10.5. The molecule has 0 bridgehead atoms. The lowest BCUT2D eigenvalue weighted by Crippen LogP contribution is -2.10. The fourth-order valence-electron chi connectivity index (χ4n) is 3.03. The molecule has 0 aliphatic carbocycles. The molecule has 0 atom stereocenters. The number of imidazole rings is 2. The van der Waals surface area contributed by atoms with Crippen LogP contribution >= 0.6 is 0 Å². The van der Waals surface area contributed by atoms with Crippen molar-refractivity contribution in [2.24, 2.45) is 7.05 Å². The van der Waals surface area contributed by atoms with E-state index in [0.717, 1.165) is 11.3 Å². The third-order valence-corrected chi connectivity index (χ3v) is 6.61. The maximum Gasteiger partial charge on any atom is 0.240 e. The maximum atomic E-state index is 12.8. The summed E-state index contributed by atoms with van der Waals surface area (Å²) < 4.78 is 28.8. The number of rotatable bonds is 6. The van der Waals surface area contributed by atoms with E-state index in [-0.39, 0.29) is 15.8 Å². The van der Waals surface area contributed by atoms with Crippen LogP contribution in [0.15, 0.2) is 65.3 Å². The molecule has 0 saturated carbocycles. The molecule has 0 saturated heterocycles. The summed E-state index contributed by atoms with van der Waals surface area (Å²) in [6.07, 6.45) is 8.93. The predicted octanol–water partition coefficient (Wildman–Crippen LogP) is 2.42. The largest absolute Gasteiger partial charge is 0.322 e. The van der Waals surface area contributed by atoms with E-state index in [1.165, 1.54) is 12.4 Å². The Labute approximate surface area is 167 Å². The number of nitrogens with zero attached hydrogens (tertiary/aromatic N) is 5. The second-order valence-electron chi connectivity index (χ2n) is 6.79. The Balaban J connectivity index is 1.46. The zero-order chi connectivity index (χ0) is 20.6. The number of aromatic nitrogens is 5. The molecule has 0 amide bonds. The van der Waals surface area contributed by atoms with Crippen molar-refractivity contribution in [2.45, 2.75) is 29.8 Å². The Morgan fingerprint density at radius 3 is 2.52 bits per heavy atom. The average molecular weight is 409 g/mol. The van der Waals surface area contributed by atoms with E-state index >= 15 is 0 Å². The molecule has 4 rings (SSSR count). The van der Waals surface area contributed by atoms with E-state index in [2.05, 4.69) is 15.0 Å². The van der Waals surface area contributed by atoms with Gasteiger partial charge in [-0.3, -0.25) is 9.20 Å². The highest BCUT2D eigenvalue weighted by Crippen LogP contribution is 2.21. The minimum absolute atomic E-state index is 0.0142. The van der Waals surface area contributed by atoms with Crippen molar-refractivity contribution in [3.8, 4) is 0 Å². The fourth-order valence-corrected chi connectivity index (χ4v) is 4.43. The predicted molar refractivity (Wildman–Crippen MR) is 105 cm³/mol. The summed E-state index contributed by atoms with van der Waals surface area (Å²) in [5, 5.41) is 0.0142. The van der Waals surface area contributed by atoms with Gasteiger partial charge in [-0.15, -0.1) is 0 Å². The maximum absolute atomic E-state index is 12.8. The van der Waals surface area contributed by atoms with Gasteiger partial charge in [0.05, 0.1) is 10.5 Å². The van der Waals surface area contributed by atoms with Crippen LogP contribution in [0.4, 0.5) is 0 Å². The topological polar surface area (TPSA) is 99.2 Å². The SMILES string of the molecule is Cc1cnc(S(=O)(=O)c2ccc(CCC(=O)c3cnc4nccn4c3)cc2)n1C. The molecule has 3 aromatic heterocycles. The number of carbonyl (C=O) groups is 1. The van der Waals surface area contributed by atoms with Crippen molar-refractivity contribution >= 4 is 21.4 Å². The molecule has 3 heterocycles. The van der Waals surface area contributed by atoms with Crippen molar-refractivity contribution in [3.05, 3.63) is 72.1 Å². The van der Waals surface area contributed by atoms with E-state index in [1.54, 1.807) is 65.8 Å². The quantitative estimate of drug-likeness (QED) is 0.454. The van der Waals surface area contributed by atoms with Crippen LogP contribution in [0, 0.1) is 6.92 Å². The molecule has 1 aromatic carbocycles. The summed E-state index contributed by atoms with van der Waals surface area (Å²) >= 11 is 0. The van der Waals surface area contributed by atoms with Crippen LogP contribution in [0.2, 0.25) is 0 Å². The van der Waals surface area contributed by atoms with E-state index in [4.69, 9.17) is 0 Å². The van der Waals surface area contributed by atoms with E-state index in [0.29, 0.717) is 24.2 Å². The zero-order valence-electron chi connectivity index (χ0n) is 16.0. The number of fused-ring (bicyclic) bond motifs is 1. The summed E-state index contributed by atoms with van der Waals surface area (Å²) in [5.74, 6) is 0.509. The summed E-state index contributed by atoms with van der Waals surface area (Å²) in [7, 11) is -2.02. The highest BCUT2D eigenvalue weighted by molar-refractivity contribution is 7.91. The lowest BCUT2D eigenvalue weighted by atomic mass is 10.0. The van der Waals surface area contributed by atoms with Gasteiger partial charge in [0.2, 0.25) is 20.8 Å². The number of hydrogen-bond donors (Lipinski definition) is 0. The van der Waals surface area contributed by atoms with Crippen LogP contribution in [0.5, 0.6) is 0 Å². The summed E-state index contributed by atoms with van der Waals surface area (Å²) in [4.78, 5) is 24.9. The molecular formula is C20H19N5O3S. The molecule has 0 N–H and O–H groups in total.